The van der Waals surface area contributed by atoms with E-state index in [0.717, 1.165) is 34.5 Å². The lowest BCUT2D eigenvalue weighted by Gasteiger charge is -2.04. The third-order valence-electron chi connectivity index (χ3n) is 3.39. The first-order valence-electron chi connectivity index (χ1n) is 7.09. The fraction of sp³-hybridized carbons (Fsp3) is 0.125. The molecular weight excluding hydrogens is 387 g/mol. The molecule has 0 spiro atoms. The molecule has 0 bridgehead atoms. The second kappa shape index (κ2) is 6.70. The number of sulfone groups is 1. The molecule has 0 atom stereocenters. The summed E-state index contributed by atoms with van der Waals surface area (Å²) in [7, 11) is -3.86. The van der Waals surface area contributed by atoms with Crippen LogP contribution < -0.4 is 5.32 Å². The van der Waals surface area contributed by atoms with Crippen LogP contribution in [-0.4, -0.2) is 25.1 Å². The Morgan fingerprint density at radius 2 is 1.96 bits per heavy atom. The molecule has 3 aromatic rings. The summed E-state index contributed by atoms with van der Waals surface area (Å²) in [6.07, 6.45) is 0. The Hall–Kier alpha value is -2.03. The highest BCUT2D eigenvalue weighted by atomic mass is 35.5. The minimum atomic E-state index is -3.86. The average Bonchev–Trinajstić information content (AvgIpc) is 2.89. The van der Waals surface area contributed by atoms with Crippen LogP contribution in [0.4, 0.5) is 9.52 Å². The van der Waals surface area contributed by atoms with Crippen molar-refractivity contribution in [3.63, 3.8) is 0 Å². The van der Waals surface area contributed by atoms with Gasteiger partial charge in [0.15, 0.2) is 15.0 Å². The van der Waals surface area contributed by atoms with Crippen LogP contribution in [0.5, 0.6) is 0 Å². The fourth-order valence-corrected chi connectivity index (χ4v) is 4.73. The number of hydrogen-bond donors (Lipinski definition) is 1. The first kappa shape index (κ1) is 17.8. The molecule has 3 rings (SSSR count). The van der Waals surface area contributed by atoms with Crippen molar-refractivity contribution in [1.82, 2.24) is 4.98 Å². The van der Waals surface area contributed by atoms with Crippen LogP contribution >= 0.6 is 22.9 Å². The van der Waals surface area contributed by atoms with Gasteiger partial charge < -0.3 is 5.32 Å². The van der Waals surface area contributed by atoms with Crippen molar-refractivity contribution < 1.29 is 17.6 Å². The average molecular weight is 399 g/mol. The van der Waals surface area contributed by atoms with E-state index in [4.69, 9.17) is 11.6 Å². The van der Waals surface area contributed by atoms with Crippen molar-refractivity contribution in [1.29, 1.82) is 0 Å². The smallest absolute Gasteiger partial charge is 0.241 e. The predicted molar refractivity (Wildman–Crippen MR) is 96.4 cm³/mol. The quantitative estimate of drug-likeness (QED) is 0.678. The Bertz CT molecular complexity index is 1060. The summed E-state index contributed by atoms with van der Waals surface area (Å²) >= 11 is 7.20. The zero-order valence-corrected chi connectivity index (χ0v) is 15.3. The molecule has 0 unspecified atom stereocenters. The monoisotopic (exact) mass is 398 g/mol. The Balaban J connectivity index is 1.78. The Labute approximate surface area is 152 Å². The van der Waals surface area contributed by atoms with E-state index in [1.807, 2.05) is 6.92 Å². The van der Waals surface area contributed by atoms with Crippen molar-refractivity contribution >= 4 is 54.0 Å². The van der Waals surface area contributed by atoms with Gasteiger partial charge in [0.2, 0.25) is 5.91 Å². The Morgan fingerprint density at radius 1 is 1.28 bits per heavy atom. The van der Waals surface area contributed by atoms with E-state index in [1.165, 1.54) is 11.3 Å². The van der Waals surface area contributed by atoms with Crippen LogP contribution in [0.25, 0.3) is 10.2 Å². The maximum Gasteiger partial charge on any atom is 0.241 e. The van der Waals surface area contributed by atoms with E-state index >= 15 is 0 Å². The summed E-state index contributed by atoms with van der Waals surface area (Å²) in [4.78, 5) is 16.2. The molecule has 5 nitrogen and oxygen atoms in total. The molecule has 1 N–H and O–H groups in total. The number of amides is 1. The Morgan fingerprint density at radius 3 is 2.64 bits per heavy atom. The van der Waals surface area contributed by atoms with Gasteiger partial charge in [0.25, 0.3) is 0 Å². The molecule has 0 saturated heterocycles. The van der Waals surface area contributed by atoms with Crippen LogP contribution in [0, 0.1) is 12.7 Å². The number of halogens is 2. The highest BCUT2D eigenvalue weighted by molar-refractivity contribution is 7.92. The second-order valence-corrected chi connectivity index (χ2v) is 8.81. The van der Waals surface area contributed by atoms with Crippen LogP contribution in [0.1, 0.15) is 5.56 Å². The van der Waals surface area contributed by atoms with Crippen molar-refractivity contribution in [3.8, 4) is 0 Å². The maximum atomic E-state index is 12.9. The molecule has 2 aromatic carbocycles. The lowest BCUT2D eigenvalue weighted by molar-refractivity contribution is -0.113. The van der Waals surface area contributed by atoms with Crippen molar-refractivity contribution in [2.75, 3.05) is 11.1 Å². The van der Waals surface area contributed by atoms with Gasteiger partial charge in [0.1, 0.15) is 11.6 Å². The fourth-order valence-electron chi connectivity index (χ4n) is 2.26. The van der Waals surface area contributed by atoms with E-state index in [-0.39, 0.29) is 4.90 Å². The van der Waals surface area contributed by atoms with Crippen LogP contribution in [0.3, 0.4) is 0 Å². The predicted octanol–water partition coefficient (Wildman–Crippen LogP) is 3.81. The highest BCUT2D eigenvalue weighted by Gasteiger charge is 2.20. The normalized spacial score (nSPS) is 11.6. The molecule has 1 aromatic heterocycles. The molecular formula is C16H12ClFN2O3S2. The number of rotatable bonds is 4. The first-order chi connectivity index (χ1) is 11.7. The second-order valence-electron chi connectivity index (χ2n) is 5.35. The van der Waals surface area contributed by atoms with Crippen molar-refractivity contribution in [2.45, 2.75) is 11.8 Å². The molecule has 0 fully saturated rings. The van der Waals surface area contributed by atoms with Gasteiger partial charge in [-0.25, -0.2) is 17.8 Å². The molecule has 0 radical (unpaired) electrons. The van der Waals surface area contributed by atoms with Crippen LogP contribution in [-0.2, 0) is 14.6 Å². The standard InChI is InChI=1S/C16H12ClFN2O3S2/c1-9-6-10(17)7-13-15(9)20-16(24-13)19-14(21)8-25(22,23)12-4-2-11(18)3-5-12/h2-7H,8H2,1H3,(H,19,20,21). The van der Waals surface area contributed by atoms with E-state index in [9.17, 15) is 17.6 Å². The summed E-state index contributed by atoms with van der Waals surface area (Å²) in [5.41, 5.74) is 1.56. The number of nitrogens with zero attached hydrogens (tertiary/aromatic N) is 1. The highest BCUT2D eigenvalue weighted by Crippen LogP contribution is 2.31. The summed E-state index contributed by atoms with van der Waals surface area (Å²) in [5, 5.41) is 3.34. The summed E-state index contributed by atoms with van der Waals surface area (Å²) < 4.78 is 38.1. The van der Waals surface area contributed by atoms with Crippen molar-refractivity contribution in [3.05, 3.63) is 52.8 Å². The topological polar surface area (TPSA) is 76.1 Å². The van der Waals surface area contributed by atoms with E-state index in [0.29, 0.717) is 15.7 Å². The number of aryl methyl sites for hydroxylation is 1. The molecule has 1 heterocycles. The number of carbonyl (C=O) groups is 1. The van der Waals surface area contributed by atoms with Crippen LogP contribution in [0.15, 0.2) is 41.3 Å². The Kier molecular flexibility index (Phi) is 4.77. The number of fused-ring (bicyclic) bond motifs is 1. The number of carbonyl (C=O) groups excluding carboxylic acids is 1. The van der Waals surface area contributed by atoms with Gasteiger partial charge in [0.05, 0.1) is 15.1 Å². The molecule has 0 saturated carbocycles. The van der Waals surface area contributed by atoms with Crippen molar-refractivity contribution in [2.24, 2.45) is 0 Å². The number of nitrogens with one attached hydrogen (secondary N) is 1. The number of hydrogen-bond acceptors (Lipinski definition) is 5. The van der Waals surface area contributed by atoms with Gasteiger partial charge in [-0.3, -0.25) is 4.79 Å². The number of aromatic nitrogens is 1. The lowest BCUT2D eigenvalue weighted by Crippen LogP contribution is -2.22. The minimum Gasteiger partial charge on any atom is -0.301 e. The third kappa shape index (κ3) is 3.97. The van der Waals surface area contributed by atoms with Gasteiger partial charge in [0, 0.05) is 5.02 Å². The first-order valence-corrected chi connectivity index (χ1v) is 9.94. The van der Waals surface area contributed by atoms with E-state index in [1.54, 1.807) is 12.1 Å². The molecule has 25 heavy (non-hydrogen) atoms. The molecule has 0 aliphatic carbocycles. The number of thiazole rings is 1. The zero-order valence-electron chi connectivity index (χ0n) is 12.9. The molecule has 9 heteroatoms. The maximum absolute atomic E-state index is 12.9. The number of anilines is 1. The van der Waals surface area contributed by atoms with Crippen LogP contribution in [0.2, 0.25) is 5.02 Å². The molecule has 1 amide bonds. The zero-order chi connectivity index (χ0) is 18.2. The lowest BCUT2D eigenvalue weighted by atomic mass is 10.2. The van der Waals surface area contributed by atoms with Gasteiger partial charge in [-0.1, -0.05) is 22.9 Å². The van der Waals surface area contributed by atoms with E-state index < -0.39 is 27.3 Å². The van der Waals surface area contributed by atoms with Gasteiger partial charge >= 0.3 is 0 Å². The summed E-state index contributed by atoms with van der Waals surface area (Å²) in [6, 6.07) is 7.80. The largest absolute Gasteiger partial charge is 0.301 e. The van der Waals surface area contributed by atoms with E-state index in [2.05, 4.69) is 10.3 Å². The molecule has 0 aliphatic rings. The summed E-state index contributed by atoms with van der Waals surface area (Å²) in [5.74, 6) is -2.02. The summed E-state index contributed by atoms with van der Waals surface area (Å²) in [6.45, 7) is 1.85. The minimum absolute atomic E-state index is 0.115. The molecule has 0 aliphatic heterocycles. The van der Waals surface area contributed by atoms with Gasteiger partial charge in [-0.15, -0.1) is 0 Å². The third-order valence-corrected chi connectivity index (χ3v) is 6.16. The SMILES string of the molecule is Cc1cc(Cl)cc2sc(NC(=O)CS(=O)(=O)c3ccc(F)cc3)nc12. The number of benzene rings is 2. The molecule has 130 valence electrons. The van der Waals surface area contributed by atoms with Gasteiger partial charge in [-0.2, -0.15) is 0 Å². The van der Waals surface area contributed by atoms with Gasteiger partial charge in [-0.05, 0) is 48.9 Å².